The van der Waals surface area contributed by atoms with Crippen molar-refractivity contribution in [2.45, 2.75) is 19.3 Å². The van der Waals surface area contributed by atoms with Gasteiger partial charge in [0, 0.05) is 12.7 Å². The van der Waals surface area contributed by atoms with Crippen LogP contribution >= 0.6 is 11.6 Å². The van der Waals surface area contributed by atoms with Crippen molar-refractivity contribution in [1.29, 1.82) is 0 Å². The molecule has 8 nitrogen and oxygen atoms in total. The average Bonchev–Trinajstić information content (AvgIpc) is 3.07. The van der Waals surface area contributed by atoms with Crippen LogP contribution in [0.5, 0.6) is 0 Å². The molecular weight excluding hydrogens is 432 g/mol. The molecule has 0 amide bonds. The highest BCUT2D eigenvalue weighted by atomic mass is 35.5. The first-order chi connectivity index (χ1) is 14.1. The van der Waals surface area contributed by atoms with Crippen LogP contribution in [0.2, 0.25) is 5.02 Å². The summed E-state index contributed by atoms with van der Waals surface area (Å²) in [6, 6.07) is 2.20. The molecule has 0 saturated carbocycles. The van der Waals surface area contributed by atoms with Crippen LogP contribution in [0.3, 0.4) is 0 Å². The fourth-order valence-electron chi connectivity index (χ4n) is 2.44. The molecule has 1 aromatic carbocycles. The fourth-order valence-corrected chi connectivity index (χ4v) is 2.59. The molecule has 2 heterocycles. The summed E-state index contributed by atoms with van der Waals surface area (Å²) in [6.07, 6.45) is -0.636. The van der Waals surface area contributed by atoms with Crippen molar-refractivity contribution >= 4 is 35.0 Å². The molecule has 0 aliphatic rings. The van der Waals surface area contributed by atoms with E-state index in [4.69, 9.17) is 16.7 Å². The minimum Gasteiger partial charge on any atom is -0.480 e. The van der Waals surface area contributed by atoms with Crippen molar-refractivity contribution in [3.8, 4) is 0 Å². The summed E-state index contributed by atoms with van der Waals surface area (Å²) < 4.78 is 53.2. The van der Waals surface area contributed by atoms with E-state index in [1.165, 1.54) is 23.3 Å². The van der Waals surface area contributed by atoms with E-state index < -0.39 is 23.5 Å². The van der Waals surface area contributed by atoms with Gasteiger partial charge in [-0.05, 0) is 23.8 Å². The van der Waals surface area contributed by atoms with Crippen LogP contribution < -0.4 is 10.6 Å². The third kappa shape index (κ3) is 5.56. The lowest BCUT2D eigenvalue weighted by molar-refractivity contribution is -0.138. The number of hydrogen-bond acceptors (Lipinski definition) is 6. The number of rotatable bonds is 7. The Morgan fingerprint density at radius 2 is 2.00 bits per heavy atom. The van der Waals surface area contributed by atoms with Gasteiger partial charge in [0.25, 0.3) is 0 Å². The molecule has 0 atom stereocenters. The molecule has 3 rings (SSSR count). The van der Waals surface area contributed by atoms with Gasteiger partial charge in [-0.25, -0.2) is 9.37 Å². The standard InChI is InChI=1S/C17H13ClF4N6O2/c18-13-6-24-16(26-12-5-25-28(7-12)8-14(29)30)27-15(13)23-4-9-1-10(17(20,21)22)3-11(19)2-9/h1-3,5-7H,4,8H2,(H,29,30)(H2,23,24,26,27). The normalized spacial score (nSPS) is 11.4. The molecular formula is C17H13ClF4N6O2. The molecule has 13 heteroatoms. The van der Waals surface area contributed by atoms with E-state index in [0.717, 1.165) is 12.1 Å². The van der Waals surface area contributed by atoms with Crippen LogP contribution in [-0.2, 0) is 24.1 Å². The third-order valence-electron chi connectivity index (χ3n) is 3.68. The summed E-state index contributed by atoms with van der Waals surface area (Å²) in [7, 11) is 0. The van der Waals surface area contributed by atoms with Gasteiger partial charge in [0.1, 0.15) is 17.4 Å². The second kappa shape index (κ2) is 8.53. The molecule has 0 spiro atoms. The largest absolute Gasteiger partial charge is 0.480 e. The molecule has 0 fully saturated rings. The smallest absolute Gasteiger partial charge is 0.416 e. The van der Waals surface area contributed by atoms with E-state index >= 15 is 0 Å². The van der Waals surface area contributed by atoms with Crippen molar-refractivity contribution in [2.75, 3.05) is 10.6 Å². The van der Waals surface area contributed by atoms with Gasteiger partial charge in [0.05, 0.1) is 23.6 Å². The van der Waals surface area contributed by atoms with Crippen molar-refractivity contribution < 1.29 is 27.5 Å². The number of aliphatic carboxylic acids is 1. The maximum atomic E-state index is 13.5. The summed E-state index contributed by atoms with van der Waals surface area (Å²) in [5.74, 6) is -1.90. The van der Waals surface area contributed by atoms with Gasteiger partial charge >= 0.3 is 12.1 Å². The molecule has 0 unspecified atom stereocenters. The number of hydrogen-bond donors (Lipinski definition) is 3. The molecule has 158 valence electrons. The number of halogens is 5. The monoisotopic (exact) mass is 444 g/mol. The van der Waals surface area contributed by atoms with E-state index in [0.29, 0.717) is 11.8 Å². The minimum atomic E-state index is -4.68. The van der Waals surface area contributed by atoms with E-state index in [1.54, 1.807) is 0 Å². The Balaban J connectivity index is 1.72. The molecule has 0 aliphatic heterocycles. The van der Waals surface area contributed by atoms with Crippen LogP contribution in [0.1, 0.15) is 11.1 Å². The lowest BCUT2D eigenvalue weighted by atomic mass is 10.1. The number of carbonyl (C=O) groups is 1. The Morgan fingerprint density at radius 1 is 1.23 bits per heavy atom. The molecule has 0 saturated heterocycles. The van der Waals surface area contributed by atoms with Gasteiger partial charge in [-0.2, -0.15) is 23.3 Å². The van der Waals surface area contributed by atoms with E-state index in [-0.39, 0.29) is 35.4 Å². The lowest BCUT2D eigenvalue weighted by Crippen LogP contribution is -2.09. The summed E-state index contributed by atoms with van der Waals surface area (Å²) in [6.45, 7) is -0.503. The number of aromatic nitrogens is 4. The molecule has 2 aromatic heterocycles. The predicted molar refractivity (Wildman–Crippen MR) is 98.9 cm³/mol. The molecule has 30 heavy (non-hydrogen) atoms. The fraction of sp³-hybridized carbons (Fsp3) is 0.176. The highest BCUT2D eigenvalue weighted by Gasteiger charge is 2.31. The summed E-state index contributed by atoms with van der Waals surface area (Å²) in [5.41, 5.74) is -0.653. The van der Waals surface area contributed by atoms with Crippen molar-refractivity contribution in [3.05, 3.63) is 58.8 Å². The Hall–Kier alpha value is -3.41. The first-order valence-electron chi connectivity index (χ1n) is 8.24. The number of carboxylic acid groups (broad SMARTS) is 1. The zero-order chi connectivity index (χ0) is 21.9. The van der Waals surface area contributed by atoms with Gasteiger partial charge in [0.2, 0.25) is 5.95 Å². The van der Waals surface area contributed by atoms with E-state index in [9.17, 15) is 22.4 Å². The highest BCUT2D eigenvalue weighted by molar-refractivity contribution is 6.32. The number of anilines is 3. The molecule has 0 radical (unpaired) electrons. The van der Waals surface area contributed by atoms with Crippen LogP contribution in [-0.4, -0.2) is 30.8 Å². The average molecular weight is 445 g/mol. The molecule has 3 aromatic rings. The Labute approximate surface area is 171 Å². The number of nitrogens with zero attached hydrogens (tertiary/aromatic N) is 4. The minimum absolute atomic E-state index is 0.0430. The van der Waals surface area contributed by atoms with Gasteiger partial charge < -0.3 is 15.7 Å². The quantitative estimate of drug-likeness (QED) is 0.474. The van der Waals surface area contributed by atoms with E-state index in [2.05, 4.69) is 25.7 Å². The van der Waals surface area contributed by atoms with Crippen LogP contribution in [0.25, 0.3) is 0 Å². The third-order valence-corrected chi connectivity index (χ3v) is 3.95. The zero-order valence-corrected chi connectivity index (χ0v) is 15.7. The first kappa shape index (κ1) is 21.3. The van der Waals surface area contributed by atoms with Gasteiger partial charge in [-0.15, -0.1) is 0 Å². The lowest BCUT2D eigenvalue weighted by Gasteiger charge is -2.12. The SMILES string of the molecule is O=C(O)Cn1cc(Nc2ncc(Cl)c(NCc3cc(F)cc(C(F)(F)F)c3)n2)cn1. The van der Waals surface area contributed by atoms with Crippen molar-refractivity contribution in [2.24, 2.45) is 0 Å². The number of nitrogens with one attached hydrogen (secondary N) is 2. The van der Waals surface area contributed by atoms with Crippen molar-refractivity contribution in [3.63, 3.8) is 0 Å². The van der Waals surface area contributed by atoms with Gasteiger partial charge in [-0.1, -0.05) is 11.6 Å². The van der Waals surface area contributed by atoms with E-state index in [1.807, 2.05) is 0 Å². The molecule has 0 bridgehead atoms. The van der Waals surface area contributed by atoms with Crippen LogP contribution in [0.4, 0.5) is 35.0 Å². The molecule has 0 aliphatic carbocycles. The number of carboxylic acids is 1. The Kier molecular flexibility index (Phi) is 6.06. The topological polar surface area (TPSA) is 105 Å². The number of alkyl halides is 3. The summed E-state index contributed by atoms with van der Waals surface area (Å²) in [4.78, 5) is 18.8. The van der Waals surface area contributed by atoms with Crippen molar-refractivity contribution in [1.82, 2.24) is 19.7 Å². The highest BCUT2D eigenvalue weighted by Crippen LogP contribution is 2.31. The molecule has 3 N–H and O–H groups in total. The Morgan fingerprint density at radius 3 is 2.70 bits per heavy atom. The number of benzene rings is 1. The van der Waals surface area contributed by atoms with Crippen LogP contribution in [0, 0.1) is 5.82 Å². The first-order valence-corrected chi connectivity index (χ1v) is 8.62. The predicted octanol–water partition coefficient (Wildman–Crippen LogP) is 3.92. The maximum Gasteiger partial charge on any atom is 0.416 e. The summed E-state index contributed by atoms with van der Waals surface area (Å²) >= 11 is 6.01. The zero-order valence-electron chi connectivity index (χ0n) is 14.9. The second-order valence-electron chi connectivity index (χ2n) is 6.03. The summed E-state index contributed by atoms with van der Waals surface area (Å²) in [5, 5.41) is 18.2. The van der Waals surface area contributed by atoms with Gasteiger partial charge in [-0.3, -0.25) is 9.48 Å². The maximum absolute atomic E-state index is 13.5. The Bertz CT molecular complexity index is 1070. The van der Waals surface area contributed by atoms with Crippen LogP contribution in [0.15, 0.2) is 36.8 Å². The van der Waals surface area contributed by atoms with Gasteiger partial charge in [0.15, 0.2) is 5.82 Å². The second-order valence-corrected chi connectivity index (χ2v) is 6.44.